The molecular weight excluding hydrogens is 230 g/mol. The van der Waals surface area contributed by atoms with Crippen LogP contribution in [0.25, 0.3) is 0 Å². The summed E-state index contributed by atoms with van der Waals surface area (Å²) in [7, 11) is 0. The molecule has 0 aliphatic heterocycles. The lowest BCUT2D eigenvalue weighted by Gasteiger charge is -2.23. The molecule has 96 valence electrons. The van der Waals surface area contributed by atoms with E-state index in [-0.39, 0.29) is 4.75 Å². The van der Waals surface area contributed by atoms with Gasteiger partial charge in [0.25, 0.3) is 0 Å². The summed E-state index contributed by atoms with van der Waals surface area (Å²) in [6, 6.07) is 4.07. The molecule has 1 aromatic heterocycles. The average Bonchev–Trinajstić information content (AvgIpc) is 2.35. The van der Waals surface area contributed by atoms with Gasteiger partial charge in [-0.2, -0.15) is 11.8 Å². The number of hydrogen-bond acceptors (Lipinski definition) is 4. The van der Waals surface area contributed by atoms with Crippen LogP contribution in [-0.2, 0) is 0 Å². The van der Waals surface area contributed by atoms with Crippen LogP contribution in [0.15, 0.2) is 18.3 Å². The summed E-state index contributed by atoms with van der Waals surface area (Å²) >= 11 is 1.87. The van der Waals surface area contributed by atoms with Gasteiger partial charge in [-0.15, -0.1) is 0 Å². The average molecular weight is 253 g/mol. The molecular formula is C13H23N3S. The molecule has 0 unspecified atom stereocenters. The highest BCUT2D eigenvalue weighted by Crippen LogP contribution is 2.22. The summed E-state index contributed by atoms with van der Waals surface area (Å²) in [5.41, 5.74) is 1.13. The van der Waals surface area contributed by atoms with E-state index in [0.29, 0.717) is 0 Å². The number of anilines is 2. The van der Waals surface area contributed by atoms with E-state index in [9.17, 15) is 0 Å². The Kier molecular flexibility index (Phi) is 5.62. The van der Waals surface area contributed by atoms with Crippen LogP contribution in [0.1, 0.15) is 27.2 Å². The number of aromatic nitrogens is 1. The van der Waals surface area contributed by atoms with E-state index in [0.717, 1.165) is 31.0 Å². The highest BCUT2D eigenvalue weighted by atomic mass is 32.2. The number of nitrogens with zero attached hydrogens (tertiary/aromatic N) is 1. The van der Waals surface area contributed by atoms with E-state index in [1.807, 2.05) is 24.0 Å². The zero-order valence-corrected chi connectivity index (χ0v) is 12.0. The van der Waals surface area contributed by atoms with E-state index >= 15 is 0 Å². The van der Waals surface area contributed by atoms with Crippen molar-refractivity contribution in [2.24, 2.45) is 0 Å². The van der Waals surface area contributed by atoms with Crippen LogP contribution in [-0.4, -0.2) is 29.1 Å². The first kappa shape index (κ1) is 14.2. The Morgan fingerprint density at radius 1 is 1.35 bits per heavy atom. The highest BCUT2D eigenvalue weighted by molar-refractivity contribution is 7.99. The fourth-order valence-corrected chi connectivity index (χ4v) is 1.49. The van der Waals surface area contributed by atoms with E-state index in [1.54, 1.807) is 0 Å². The molecule has 0 amide bonds. The third kappa shape index (κ3) is 5.31. The zero-order valence-electron chi connectivity index (χ0n) is 11.2. The van der Waals surface area contributed by atoms with Crippen LogP contribution in [0.2, 0.25) is 0 Å². The second kappa shape index (κ2) is 6.74. The normalized spacial score (nSPS) is 11.3. The molecule has 3 nitrogen and oxygen atoms in total. The van der Waals surface area contributed by atoms with Crippen molar-refractivity contribution in [1.82, 2.24) is 4.98 Å². The van der Waals surface area contributed by atoms with Gasteiger partial charge in [0.2, 0.25) is 0 Å². The molecule has 0 spiro atoms. The molecule has 0 aliphatic rings. The molecule has 0 atom stereocenters. The molecule has 1 aromatic rings. The maximum atomic E-state index is 4.29. The summed E-state index contributed by atoms with van der Waals surface area (Å²) in [6.45, 7) is 8.54. The molecule has 0 bridgehead atoms. The molecule has 17 heavy (non-hydrogen) atoms. The lowest BCUT2D eigenvalue weighted by Crippen LogP contribution is -2.25. The van der Waals surface area contributed by atoms with Gasteiger partial charge in [-0.3, -0.25) is 0 Å². The summed E-state index contributed by atoms with van der Waals surface area (Å²) in [5, 5.41) is 6.74. The zero-order chi connectivity index (χ0) is 12.7. The van der Waals surface area contributed by atoms with E-state index < -0.39 is 0 Å². The van der Waals surface area contributed by atoms with Gasteiger partial charge in [-0.1, -0.05) is 6.92 Å². The van der Waals surface area contributed by atoms with Gasteiger partial charge in [0.1, 0.15) is 5.82 Å². The van der Waals surface area contributed by atoms with Crippen molar-refractivity contribution in [3.8, 4) is 0 Å². The van der Waals surface area contributed by atoms with Gasteiger partial charge in [-0.05, 0) is 32.6 Å². The lowest BCUT2D eigenvalue weighted by atomic mass is 10.2. The van der Waals surface area contributed by atoms with Gasteiger partial charge in [0.15, 0.2) is 0 Å². The molecule has 0 aromatic carbocycles. The van der Waals surface area contributed by atoms with Crippen molar-refractivity contribution in [1.29, 1.82) is 0 Å². The van der Waals surface area contributed by atoms with Crippen molar-refractivity contribution in [3.05, 3.63) is 18.3 Å². The maximum Gasteiger partial charge on any atom is 0.127 e. The number of thioether (sulfide) groups is 1. The van der Waals surface area contributed by atoms with Crippen LogP contribution in [0, 0.1) is 0 Å². The number of nitrogens with one attached hydrogen (secondary N) is 2. The van der Waals surface area contributed by atoms with Crippen LogP contribution in [0.5, 0.6) is 0 Å². The Balaban J connectivity index is 2.53. The Labute approximate surface area is 109 Å². The molecule has 0 saturated heterocycles. The van der Waals surface area contributed by atoms with Gasteiger partial charge in [0, 0.05) is 35.8 Å². The monoisotopic (exact) mass is 253 g/mol. The second-order valence-corrected chi connectivity index (χ2v) is 6.19. The Morgan fingerprint density at radius 3 is 2.76 bits per heavy atom. The summed E-state index contributed by atoms with van der Waals surface area (Å²) in [4.78, 5) is 4.29. The largest absolute Gasteiger partial charge is 0.384 e. The van der Waals surface area contributed by atoms with Gasteiger partial charge in [0.05, 0.1) is 0 Å². The van der Waals surface area contributed by atoms with E-state index in [2.05, 4.69) is 48.7 Å². The van der Waals surface area contributed by atoms with Crippen LogP contribution in [0.3, 0.4) is 0 Å². The summed E-state index contributed by atoms with van der Waals surface area (Å²) in [5.74, 6) is 0.943. The molecule has 0 saturated carbocycles. The van der Waals surface area contributed by atoms with Crippen molar-refractivity contribution in [3.63, 3.8) is 0 Å². The molecule has 2 N–H and O–H groups in total. The van der Waals surface area contributed by atoms with Crippen LogP contribution < -0.4 is 10.6 Å². The Hall–Kier alpha value is -0.900. The predicted molar refractivity (Wildman–Crippen MR) is 79.1 cm³/mol. The number of pyridine rings is 1. The first-order valence-electron chi connectivity index (χ1n) is 6.06. The Bertz CT molecular complexity index is 339. The fourth-order valence-electron chi connectivity index (χ4n) is 1.28. The minimum Gasteiger partial charge on any atom is -0.384 e. The second-order valence-electron chi connectivity index (χ2n) is 4.67. The van der Waals surface area contributed by atoms with E-state index in [1.165, 1.54) is 0 Å². The fraction of sp³-hybridized carbons (Fsp3) is 0.615. The first-order valence-corrected chi connectivity index (χ1v) is 7.29. The minimum absolute atomic E-state index is 0.250. The van der Waals surface area contributed by atoms with Crippen LogP contribution >= 0.6 is 11.8 Å². The Morgan fingerprint density at radius 2 is 2.12 bits per heavy atom. The summed E-state index contributed by atoms with van der Waals surface area (Å²) < 4.78 is 0.250. The molecule has 1 rings (SSSR count). The van der Waals surface area contributed by atoms with Crippen molar-refractivity contribution in [2.45, 2.75) is 31.9 Å². The quantitative estimate of drug-likeness (QED) is 0.780. The number of hydrogen-bond donors (Lipinski definition) is 2. The van der Waals surface area contributed by atoms with Crippen LogP contribution in [0.4, 0.5) is 11.5 Å². The molecule has 0 radical (unpaired) electrons. The predicted octanol–water partition coefficient (Wildman–Crippen LogP) is 3.46. The maximum absolute atomic E-state index is 4.29. The van der Waals surface area contributed by atoms with Gasteiger partial charge >= 0.3 is 0 Å². The number of rotatable bonds is 7. The van der Waals surface area contributed by atoms with Gasteiger partial charge < -0.3 is 10.6 Å². The van der Waals surface area contributed by atoms with Crippen molar-refractivity contribution in [2.75, 3.05) is 30.0 Å². The lowest BCUT2D eigenvalue weighted by molar-refractivity contribution is 0.752. The smallest absolute Gasteiger partial charge is 0.127 e. The third-order valence-corrected chi connectivity index (χ3v) is 3.84. The molecule has 1 heterocycles. The molecule has 0 fully saturated rings. The third-order valence-electron chi connectivity index (χ3n) is 2.59. The standard InChI is InChI=1S/C13H23N3S/c1-5-7-14-12-9-11(6-8-15-12)16-10-13(2,3)17-4/h6,8-9H,5,7,10H2,1-4H3,(H2,14,15,16). The van der Waals surface area contributed by atoms with Gasteiger partial charge in [-0.25, -0.2) is 4.98 Å². The topological polar surface area (TPSA) is 37.0 Å². The first-order chi connectivity index (χ1) is 8.07. The highest BCUT2D eigenvalue weighted by Gasteiger charge is 2.15. The van der Waals surface area contributed by atoms with E-state index in [4.69, 9.17) is 0 Å². The molecule has 4 heteroatoms. The SMILES string of the molecule is CCCNc1cc(NCC(C)(C)SC)ccn1. The van der Waals surface area contributed by atoms with Crippen molar-refractivity contribution >= 4 is 23.3 Å². The summed E-state index contributed by atoms with van der Waals surface area (Å²) in [6.07, 6.45) is 5.09. The van der Waals surface area contributed by atoms with Crippen molar-refractivity contribution < 1.29 is 0 Å². The molecule has 0 aliphatic carbocycles. The minimum atomic E-state index is 0.250.